The third kappa shape index (κ3) is 5.54. The standard InChI is InChI=1S/C30H33ClN4O/c1-22-12-13-23(2)26(18-22)29-19-28(25-10-6-7-11-27(25)31)32-35(29)30(36)21-34-16-14-33(15-17-34)20-24-8-4-3-5-9-24/h3-13,18,29H,14-17,19-21H2,1-2H3/t29-/m0/s1. The van der Waals surface area contributed by atoms with Gasteiger partial charge in [-0.2, -0.15) is 5.10 Å². The molecule has 5 rings (SSSR count). The fraction of sp³-hybridized carbons (Fsp3) is 0.333. The molecule has 1 atom stereocenters. The highest BCUT2D eigenvalue weighted by Gasteiger charge is 2.35. The number of benzene rings is 3. The fourth-order valence-corrected chi connectivity index (χ4v) is 5.42. The summed E-state index contributed by atoms with van der Waals surface area (Å²) in [6.07, 6.45) is 0.657. The predicted molar refractivity (Wildman–Crippen MR) is 146 cm³/mol. The van der Waals surface area contributed by atoms with Crippen LogP contribution in [0.25, 0.3) is 0 Å². The number of aryl methyl sites for hydroxylation is 2. The van der Waals surface area contributed by atoms with Crippen LogP contribution in [0, 0.1) is 13.8 Å². The van der Waals surface area contributed by atoms with E-state index >= 15 is 0 Å². The third-order valence-electron chi connectivity index (χ3n) is 7.22. The molecule has 1 fully saturated rings. The molecule has 3 aromatic rings. The Morgan fingerprint density at radius 1 is 0.917 bits per heavy atom. The first-order chi connectivity index (χ1) is 17.5. The molecule has 2 heterocycles. The van der Waals surface area contributed by atoms with E-state index < -0.39 is 0 Å². The van der Waals surface area contributed by atoms with Crippen molar-refractivity contribution in [3.8, 4) is 0 Å². The first-order valence-corrected chi connectivity index (χ1v) is 13.1. The number of carbonyl (C=O) groups excluding carboxylic acids is 1. The van der Waals surface area contributed by atoms with Gasteiger partial charge in [-0.05, 0) is 36.6 Å². The molecule has 2 aliphatic heterocycles. The van der Waals surface area contributed by atoms with E-state index in [1.165, 1.54) is 16.7 Å². The Morgan fingerprint density at radius 3 is 2.36 bits per heavy atom. The van der Waals surface area contributed by atoms with Gasteiger partial charge in [0.1, 0.15) is 0 Å². The second kappa shape index (κ2) is 11.0. The van der Waals surface area contributed by atoms with Crippen LogP contribution in [-0.2, 0) is 11.3 Å². The summed E-state index contributed by atoms with van der Waals surface area (Å²) in [5.74, 6) is 0.0412. The van der Waals surface area contributed by atoms with Crippen LogP contribution in [-0.4, -0.2) is 59.2 Å². The minimum atomic E-state index is -0.122. The zero-order valence-corrected chi connectivity index (χ0v) is 21.8. The SMILES string of the molecule is Cc1ccc(C)c([C@@H]2CC(c3ccccc3Cl)=NN2C(=O)CN2CCN(Cc3ccccc3)CC2)c1. The van der Waals surface area contributed by atoms with Crippen molar-refractivity contribution >= 4 is 23.2 Å². The lowest BCUT2D eigenvalue weighted by Gasteiger charge is -2.35. The zero-order valence-electron chi connectivity index (χ0n) is 21.0. The van der Waals surface area contributed by atoms with E-state index in [9.17, 15) is 4.79 Å². The van der Waals surface area contributed by atoms with Gasteiger partial charge >= 0.3 is 0 Å². The third-order valence-corrected chi connectivity index (χ3v) is 7.55. The van der Waals surface area contributed by atoms with Crippen molar-refractivity contribution in [3.63, 3.8) is 0 Å². The Morgan fingerprint density at radius 2 is 1.61 bits per heavy atom. The maximum absolute atomic E-state index is 13.7. The first kappa shape index (κ1) is 24.7. The Hall–Kier alpha value is -2.99. The van der Waals surface area contributed by atoms with Crippen LogP contribution < -0.4 is 0 Å². The lowest BCUT2D eigenvalue weighted by atomic mass is 9.94. The van der Waals surface area contributed by atoms with Gasteiger partial charge in [-0.25, -0.2) is 5.01 Å². The van der Waals surface area contributed by atoms with Crippen LogP contribution in [0.5, 0.6) is 0 Å². The quantitative estimate of drug-likeness (QED) is 0.451. The highest BCUT2D eigenvalue weighted by Crippen LogP contribution is 2.36. The second-order valence-corrected chi connectivity index (χ2v) is 10.3. The highest BCUT2D eigenvalue weighted by atomic mass is 35.5. The van der Waals surface area contributed by atoms with Gasteiger partial charge in [-0.1, -0.05) is 83.9 Å². The summed E-state index contributed by atoms with van der Waals surface area (Å²) in [4.78, 5) is 18.4. The van der Waals surface area contributed by atoms with E-state index in [0.717, 1.165) is 49.6 Å². The number of hydrogen-bond acceptors (Lipinski definition) is 4. The van der Waals surface area contributed by atoms with Gasteiger partial charge in [0.2, 0.25) is 0 Å². The molecule has 1 amide bonds. The van der Waals surface area contributed by atoms with E-state index in [2.05, 4.69) is 72.2 Å². The number of carbonyl (C=O) groups is 1. The molecule has 0 saturated carbocycles. The van der Waals surface area contributed by atoms with Gasteiger partial charge in [-0.15, -0.1) is 0 Å². The highest BCUT2D eigenvalue weighted by molar-refractivity contribution is 6.34. The monoisotopic (exact) mass is 500 g/mol. The molecule has 3 aromatic carbocycles. The van der Waals surface area contributed by atoms with Crippen LogP contribution in [0.2, 0.25) is 5.02 Å². The van der Waals surface area contributed by atoms with Gasteiger partial charge < -0.3 is 0 Å². The summed E-state index contributed by atoms with van der Waals surface area (Å²) in [6, 6.07) is 24.6. The van der Waals surface area contributed by atoms with Crippen molar-refractivity contribution in [3.05, 3.63) is 106 Å². The minimum Gasteiger partial charge on any atom is -0.297 e. The molecule has 0 N–H and O–H groups in total. The summed E-state index contributed by atoms with van der Waals surface area (Å²) in [6.45, 7) is 9.19. The first-order valence-electron chi connectivity index (χ1n) is 12.7. The van der Waals surface area contributed by atoms with Crippen LogP contribution in [0.15, 0.2) is 77.9 Å². The van der Waals surface area contributed by atoms with Crippen molar-refractivity contribution in [1.29, 1.82) is 0 Å². The molecule has 0 bridgehead atoms. The smallest absolute Gasteiger partial charge is 0.257 e. The average molecular weight is 501 g/mol. The van der Waals surface area contributed by atoms with Crippen molar-refractivity contribution in [2.24, 2.45) is 5.10 Å². The minimum absolute atomic E-state index is 0.0412. The molecule has 1 saturated heterocycles. The summed E-state index contributed by atoms with van der Waals surface area (Å²) in [7, 11) is 0. The number of hydrazone groups is 1. The molecule has 36 heavy (non-hydrogen) atoms. The number of hydrogen-bond donors (Lipinski definition) is 0. The largest absolute Gasteiger partial charge is 0.297 e. The van der Waals surface area contributed by atoms with Crippen LogP contribution in [0.4, 0.5) is 0 Å². The van der Waals surface area contributed by atoms with Crippen molar-refractivity contribution in [2.45, 2.75) is 32.9 Å². The van der Waals surface area contributed by atoms with E-state index in [4.69, 9.17) is 16.7 Å². The summed E-state index contributed by atoms with van der Waals surface area (Å²) in [5, 5.41) is 7.25. The number of halogens is 1. The summed E-state index contributed by atoms with van der Waals surface area (Å²) >= 11 is 6.51. The van der Waals surface area contributed by atoms with Gasteiger partial charge in [0.15, 0.2) is 0 Å². The maximum atomic E-state index is 13.7. The molecule has 5 nitrogen and oxygen atoms in total. The van der Waals surface area contributed by atoms with Crippen LogP contribution in [0.1, 0.15) is 40.3 Å². The molecule has 0 radical (unpaired) electrons. The van der Waals surface area contributed by atoms with Gasteiger partial charge in [0, 0.05) is 49.7 Å². The number of rotatable bonds is 6. The molecule has 0 spiro atoms. The number of piperazine rings is 1. The normalized spacial score (nSPS) is 18.9. The van der Waals surface area contributed by atoms with Crippen LogP contribution in [0.3, 0.4) is 0 Å². The van der Waals surface area contributed by atoms with Gasteiger partial charge in [-0.3, -0.25) is 14.6 Å². The molecule has 0 aromatic heterocycles. The molecule has 0 unspecified atom stereocenters. The molecular formula is C30H33ClN4O. The van der Waals surface area contributed by atoms with E-state index in [-0.39, 0.29) is 11.9 Å². The average Bonchev–Trinajstić information content (AvgIpc) is 3.33. The number of nitrogens with zero attached hydrogens (tertiary/aromatic N) is 4. The van der Waals surface area contributed by atoms with E-state index in [0.29, 0.717) is 18.0 Å². The number of amides is 1. The van der Waals surface area contributed by atoms with Crippen molar-refractivity contribution in [1.82, 2.24) is 14.8 Å². The summed E-state index contributed by atoms with van der Waals surface area (Å²) in [5.41, 5.74) is 6.61. The maximum Gasteiger partial charge on any atom is 0.257 e. The Labute approximate surface area is 219 Å². The molecule has 6 heteroatoms. The molecule has 0 aliphatic carbocycles. The zero-order chi connectivity index (χ0) is 25.1. The lowest BCUT2D eigenvalue weighted by molar-refractivity contribution is -0.134. The van der Waals surface area contributed by atoms with Gasteiger partial charge in [0.05, 0.1) is 18.3 Å². The Kier molecular flexibility index (Phi) is 7.51. The topological polar surface area (TPSA) is 39.2 Å². The predicted octanol–water partition coefficient (Wildman–Crippen LogP) is 5.45. The second-order valence-electron chi connectivity index (χ2n) is 9.88. The molecule has 186 valence electrons. The Bertz CT molecular complexity index is 1250. The fourth-order valence-electron chi connectivity index (χ4n) is 5.17. The summed E-state index contributed by atoms with van der Waals surface area (Å²) < 4.78 is 0. The van der Waals surface area contributed by atoms with E-state index in [1.807, 2.05) is 24.3 Å². The van der Waals surface area contributed by atoms with Crippen molar-refractivity contribution in [2.75, 3.05) is 32.7 Å². The van der Waals surface area contributed by atoms with Gasteiger partial charge in [0.25, 0.3) is 5.91 Å². The van der Waals surface area contributed by atoms with Crippen molar-refractivity contribution < 1.29 is 4.79 Å². The molecule has 2 aliphatic rings. The Balaban J connectivity index is 1.31. The molecular weight excluding hydrogens is 468 g/mol. The van der Waals surface area contributed by atoms with E-state index in [1.54, 1.807) is 5.01 Å². The lowest BCUT2D eigenvalue weighted by Crippen LogP contribution is -2.49. The van der Waals surface area contributed by atoms with Crippen LogP contribution >= 0.6 is 11.6 Å².